The number of ether oxygens (including phenoxy) is 3. The molecule has 1 N–H and O–H groups in total. The summed E-state index contributed by atoms with van der Waals surface area (Å²) in [5, 5.41) is 10.5. The van der Waals surface area contributed by atoms with Gasteiger partial charge in [-0.1, -0.05) is 30.3 Å². The molecule has 4 heteroatoms. The number of aliphatic hydroxyl groups is 1. The highest BCUT2D eigenvalue weighted by Crippen LogP contribution is 2.48. The van der Waals surface area contributed by atoms with Crippen LogP contribution in [0.2, 0.25) is 0 Å². The molecule has 0 aliphatic carbocycles. The lowest BCUT2D eigenvalue weighted by Crippen LogP contribution is -2.49. The zero-order valence-corrected chi connectivity index (χ0v) is 14.4. The first-order valence-corrected chi connectivity index (χ1v) is 8.24. The second-order valence-corrected chi connectivity index (χ2v) is 6.61. The first-order valence-electron chi connectivity index (χ1n) is 8.24. The van der Waals surface area contributed by atoms with Crippen molar-refractivity contribution in [2.24, 2.45) is 0 Å². The molecule has 1 unspecified atom stereocenters. The number of hydrogen-bond acceptors (Lipinski definition) is 4. The van der Waals surface area contributed by atoms with E-state index in [1.807, 2.05) is 56.3 Å². The van der Waals surface area contributed by atoms with Crippen LogP contribution in [0, 0.1) is 0 Å². The summed E-state index contributed by atoms with van der Waals surface area (Å²) in [5.41, 5.74) is 1.49. The molecule has 0 saturated heterocycles. The van der Waals surface area contributed by atoms with Gasteiger partial charge in [-0.2, -0.15) is 0 Å². The molecule has 2 aromatic rings. The van der Waals surface area contributed by atoms with E-state index in [2.05, 4.69) is 6.07 Å². The van der Waals surface area contributed by atoms with Gasteiger partial charge in [-0.05, 0) is 50.5 Å². The van der Waals surface area contributed by atoms with Gasteiger partial charge in [0.25, 0.3) is 0 Å². The van der Waals surface area contributed by atoms with Crippen molar-refractivity contribution in [1.29, 1.82) is 0 Å². The van der Waals surface area contributed by atoms with Crippen LogP contribution >= 0.6 is 0 Å². The second-order valence-electron chi connectivity index (χ2n) is 6.61. The highest BCUT2D eigenvalue weighted by molar-refractivity contribution is 5.47. The molecule has 24 heavy (non-hydrogen) atoms. The van der Waals surface area contributed by atoms with Crippen molar-refractivity contribution in [3.63, 3.8) is 0 Å². The van der Waals surface area contributed by atoms with Gasteiger partial charge in [-0.25, -0.2) is 0 Å². The molecular formula is C20H24O4. The fourth-order valence-electron chi connectivity index (χ4n) is 3.05. The molecule has 4 nitrogen and oxygen atoms in total. The number of hydrogen-bond donors (Lipinski definition) is 1. The minimum Gasteiger partial charge on any atom is -0.494 e. The van der Waals surface area contributed by atoms with Crippen LogP contribution in [0.3, 0.4) is 0 Å². The standard InChI is InChI=1S/C20H24O4/c1-19(2)17-12-11-15(14-18(17)24-20(19,21)22-3)8-7-13-23-16-9-5-4-6-10-16/h4-6,9-12,14,21H,7-8,13H2,1-3H3. The summed E-state index contributed by atoms with van der Waals surface area (Å²) in [7, 11) is 1.45. The molecule has 128 valence electrons. The smallest absolute Gasteiger partial charge is 0.333 e. The van der Waals surface area contributed by atoms with Gasteiger partial charge in [0, 0.05) is 12.7 Å². The Balaban J connectivity index is 1.61. The molecule has 1 heterocycles. The number of aryl methyl sites for hydroxylation is 1. The third-order valence-electron chi connectivity index (χ3n) is 4.66. The predicted molar refractivity (Wildman–Crippen MR) is 92.3 cm³/mol. The molecule has 0 spiro atoms. The van der Waals surface area contributed by atoms with E-state index < -0.39 is 11.4 Å². The Morgan fingerprint density at radius 1 is 1.08 bits per heavy atom. The lowest BCUT2D eigenvalue weighted by molar-refractivity contribution is -0.328. The molecule has 0 fully saturated rings. The minimum atomic E-state index is -1.62. The van der Waals surface area contributed by atoms with Crippen LogP contribution in [0.5, 0.6) is 11.5 Å². The topological polar surface area (TPSA) is 47.9 Å². The van der Waals surface area contributed by atoms with E-state index in [9.17, 15) is 5.11 Å². The molecule has 1 aliphatic heterocycles. The van der Waals surface area contributed by atoms with E-state index >= 15 is 0 Å². The summed E-state index contributed by atoms with van der Waals surface area (Å²) in [4.78, 5) is 0. The number of rotatable bonds is 6. The van der Waals surface area contributed by atoms with Gasteiger partial charge in [0.1, 0.15) is 11.5 Å². The Morgan fingerprint density at radius 3 is 2.54 bits per heavy atom. The van der Waals surface area contributed by atoms with Crippen LogP contribution in [-0.2, 0) is 16.6 Å². The highest BCUT2D eigenvalue weighted by atomic mass is 16.8. The average Bonchev–Trinajstić information content (AvgIpc) is 2.79. The van der Waals surface area contributed by atoms with Crippen molar-refractivity contribution in [2.75, 3.05) is 13.7 Å². The fraction of sp³-hybridized carbons (Fsp3) is 0.400. The van der Waals surface area contributed by atoms with Gasteiger partial charge in [0.15, 0.2) is 0 Å². The molecule has 1 aliphatic rings. The number of benzene rings is 2. The third kappa shape index (κ3) is 2.99. The quantitative estimate of drug-likeness (QED) is 0.649. The molecule has 0 saturated carbocycles. The van der Waals surface area contributed by atoms with Crippen molar-refractivity contribution in [2.45, 2.75) is 38.1 Å². The summed E-state index contributed by atoms with van der Waals surface area (Å²) in [6, 6.07) is 15.9. The van der Waals surface area contributed by atoms with Crippen molar-refractivity contribution < 1.29 is 19.3 Å². The predicted octanol–water partition coefficient (Wildman–Crippen LogP) is 3.66. The van der Waals surface area contributed by atoms with Crippen LogP contribution in [0.1, 0.15) is 31.4 Å². The van der Waals surface area contributed by atoms with E-state index in [-0.39, 0.29) is 0 Å². The van der Waals surface area contributed by atoms with Gasteiger partial charge in [-0.15, -0.1) is 0 Å². The summed E-state index contributed by atoms with van der Waals surface area (Å²) < 4.78 is 16.6. The first kappa shape index (κ1) is 16.8. The molecule has 2 aromatic carbocycles. The molecular weight excluding hydrogens is 304 g/mol. The van der Waals surface area contributed by atoms with Crippen molar-refractivity contribution in [3.8, 4) is 11.5 Å². The van der Waals surface area contributed by atoms with Crippen molar-refractivity contribution >= 4 is 0 Å². The first-order chi connectivity index (χ1) is 11.5. The SMILES string of the molecule is COC1(O)Oc2cc(CCCOc3ccccc3)ccc2C1(C)C. The molecule has 0 bridgehead atoms. The highest BCUT2D eigenvalue weighted by Gasteiger charge is 2.55. The summed E-state index contributed by atoms with van der Waals surface area (Å²) in [5.74, 6) is -0.0442. The van der Waals surface area contributed by atoms with Crippen molar-refractivity contribution in [3.05, 3.63) is 59.7 Å². The van der Waals surface area contributed by atoms with E-state index in [1.165, 1.54) is 7.11 Å². The Morgan fingerprint density at radius 2 is 1.83 bits per heavy atom. The van der Waals surface area contributed by atoms with Gasteiger partial charge in [0.05, 0.1) is 12.0 Å². The summed E-state index contributed by atoms with van der Waals surface area (Å²) >= 11 is 0. The Labute approximate surface area is 143 Å². The number of methoxy groups -OCH3 is 1. The zero-order valence-electron chi connectivity index (χ0n) is 14.4. The van der Waals surface area contributed by atoms with Crippen molar-refractivity contribution in [1.82, 2.24) is 0 Å². The van der Waals surface area contributed by atoms with Gasteiger partial charge < -0.3 is 19.3 Å². The zero-order chi connectivity index (χ0) is 17.2. The monoisotopic (exact) mass is 328 g/mol. The van der Waals surface area contributed by atoms with Gasteiger partial charge in [-0.3, -0.25) is 0 Å². The van der Waals surface area contributed by atoms with Crippen LogP contribution in [0.15, 0.2) is 48.5 Å². The Bertz CT molecular complexity index is 696. The minimum absolute atomic E-state index is 0.619. The second kappa shape index (κ2) is 6.46. The normalized spacial score (nSPS) is 21.2. The summed E-state index contributed by atoms with van der Waals surface area (Å²) in [6.45, 7) is 4.49. The van der Waals surface area contributed by atoms with E-state index in [0.717, 1.165) is 29.7 Å². The van der Waals surface area contributed by atoms with E-state index in [4.69, 9.17) is 14.2 Å². The Hall–Kier alpha value is -2.04. The fourth-order valence-corrected chi connectivity index (χ4v) is 3.05. The third-order valence-corrected chi connectivity index (χ3v) is 4.66. The molecule has 0 amide bonds. The number of fused-ring (bicyclic) bond motifs is 1. The molecule has 1 atom stereocenters. The molecule has 0 aromatic heterocycles. The number of para-hydroxylation sites is 1. The average molecular weight is 328 g/mol. The van der Waals surface area contributed by atoms with Crippen LogP contribution in [0.25, 0.3) is 0 Å². The Kier molecular flexibility index (Phi) is 4.52. The maximum Gasteiger partial charge on any atom is 0.333 e. The van der Waals surface area contributed by atoms with E-state index in [0.29, 0.717) is 12.4 Å². The molecule has 0 radical (unpaired) electrons. The largest absolute Gasteiger partial charge is 0.494 e. The van der Waals surface area contributed by atoms with Crippen LogP contribution < -0.4 is 9.47 Å². The van der Waals surface area contributed by atoms with Gasteiger partial charge in [0.2, 0.25) is 0 Å². The van der Waals surface area contributed by atoms with Crippen LogP contribution in [0.4, 0.5) is 0 Å². The van der Waals surface area contributed by atoms with Gasteiger partial charge >= 0.3 is 5.97 Å². The maximum absolute atomic E-state index is 10.5. The summed E-state index contributed by atoms with van der Waals surface area (Å²) in [6.07, 6.45) is 1.79. The lowest BCUT2D eigenvalue weighted by atomic mass is 9.83. The lowest BCUT2D eigenvalue weighted by Gasteiger charge is -2.32. The maximum atomic E-state index is 10.5. The molecule has 3 rings (SSSR count). The van der Waals surface area contributed by atoms with E-state index in [1.54, 1.807) is 0 Å². The van der Waals surface area contributed by atoms with Crippen LogP contribution in [-0.4, -0.2) is 24.8 Å².